The van der Waals surface area contributed by atoms with Crippen LogP contribution in [0.5, 0.6) is 0 Å². The summed E-state index contributed by atoms with van der Waals surface area (Å²) in [5.74, 6) is -0.523. The van der Waals surface area contributed by atoms with E-state index in [0.717, 1.165) is 70.6 Å². The van der Waals surface area contributed by atoms with Crippen molar-refractivity contribution >= 4 is 19.7 Å². The molecule has 0 heterocycles. The third kappa shape index (κ3) is 69.9. The molecule has 89 heavy (non-hydrogen) atoms. The maximum atomic E-state index is 13.6. The van der Waals surface area contributed by atoms with Crippen LogP contribution in [0.2, 0.25) is 0 Å². The van der Waals surface area contributed by atoms with Crippen LogP contribution in [0.4, 0.5) is 0 Å². The molecule has 0 spiro atoms. The number of likely N-dealkylation sites (N-methyl/N-ethyl adjacent to an activating group) is 1. The number of phosphoric acid groups is 1. The van der Waals surface area contributed by atoms with Gasteiger partial charge in [0.2, 0.25) is 5.91 Å². The van der Waals surface area contributed by atoms with Crippen LogP contribution >= 0.6 is 7.82 Å². The molecule has 0 bridgehead atoms. The summed E-state index contributed by atoms with van der Waals surface area (Å²) < 4.78 is 30.5. The number of rotatable bonds is 71. The van der Waals surface area contributed by atoms with E-state index in [9.17, 15) is 19.0 Å². The summed E-state index contributed by atoms with van der Waals surface area (Å²) in [5, 5.41) is 3.06. The van der Waals surface area contributed by atoms with E-state index in [1.165, 1.54) is 276 Å². The Balaban J connectivity index is 4.98. The molecule has 9 nitrogen and oxygen atoms in total. The van der Waals surface area contributed by atoms with Crippen molar-refractivity contribution < 1.29 is 37.3 Å². The highest BCUT2D eigenvalue weighted by Gasteiger charge is 2.27. The van der Waals surface area contributed by atoms with Gasteiger partial charge in [0.15, 0.2) is 0 Å². The molecule has 3 atom stereocenters. The van der Waals surface area contributed by atoms with Crippen molar-refractivity contribution in [2.45, 2.75) is 392 Å². The zero-order valence-electron chi connectivity index (χ0n) is 59.9. The largest absolute Gasteiger partial charge is 0.756 e. The molecule has 522 valence electrons. The highest BCUT2D eigenvalue weighted by Crippen LogP contribution is 2.38. The molecule has 0 aliphatic heterocycles. The lowest BCUT2D eigenvalue weighted by molar-refractivity contribution is -0.870. The molecule has 0 saturated carbocycles. The minimum absolute atomic E-state index is 0.0211. The first-order valence-corrected chi connectivity index (χ1v) is 40.1. The average Bonchev–Trinajstić information content (AvgIpc) is 3.67. The molecule has 0 aromatic carbocycles. The second-order valence-electron chi connectivity index (χ2n) is 27.5. The van der Waals surface area contributed by atoms with Gasteiger partial charge in [0.25, 0.3) is 7.82 Å². The molecule has 0 aliphatic rings. The molecular weight excluding hydrogens is 1120 g/mol. The van der Waals surface area contributed by atoms with Crippen molar-refractivity contribution in [3.63, 3.8) is 0 Å². The zero-order chi connectivity index (χ0) is 64.9. The van der Waals surface area contributed by atoms with Crippen LogP contribution in [0.25, 0.3) is 0 Å². The van der Waals surface area contributed by atoms with Gasteiger partial charge >= 0.3 is 5.97 Å². The molecule has 0 aliphatic carbocycles. The van der Waals surface area contributed by atoms with E-state index in [2.05, 4.69) is 74.7 Å². The lowest BCUT2D eigenvalue weighted by Crippen LogP contribution is -2.47. The van der Waals surface area contributed by atoms with Crippen LogP contribution in [0.15, 0.2) is 60.8 Å². The zero-order valence-corrected chi connectivity index (χ0v) is 60.8. The molecule has 0 rings (SSSR count). The fourth-order valence-corrected chi connectivity index (χ4v) is 12.2. The summed E-state index contributed by atoms with van der Waals surface area (Å²) >= 11 is 0. The van der Waals surface area contributed by atoms with Gasteiger partial charge in [-0.2, -0.15) is 0 Å². The molecule has 0 saturated heterocycles. The predicted molar refractivity (Wildman–Crippen MR) is 385 cm³/mol. The van der Waals surface area contributed by atoms with E-state index in [1.54, 1.807) is 0 Å². The Hall–Kier alpha value is -2.29. The summed E-state index contributed by atoms with van der Waals surface area (Å²) in [6.07, 6.45) is 89.2. The van der Waals surface area contributed by atoms with Crippen molar-refractivity contribution in [3.05, 3.63) is 60.8 Å². The van der Waals surface area contributed by atoms with Crippen LogP contribution < -0.4 is 10.2 Å². The van der Waals surface area contributed by atoms with Crippen LogP contribution in [0, 0.1) is 0 Å². The number of quaternary nitrogens is 1. The second kappa shape index (κ2) is 68.6. The number of phosphoric ester groups is 1. The minimum Gasteiger partial charge on any atom is -0.756 e. The van der Waals surface area contributed by atoms with Gasteiger partial charge in [0.1, 0.15) is 19.3 Å². The summed E-state index contributed by atoms with van der Waals surface area (Å²) in [7, 11) is 1.20. The maximum Gasteiger partial charge on any atom is 0.306 e. The minimum atomic E-state index is -4.71. The number of amides is 1. The predicted octanol–water partition coefficient (Wildman–Crippen LogP) is 24.3. The number of hydrogen-bond acceptors (Lipinski definition) is 7. The summed E-state index contributed by atoms with van der Waals surface area (Å²) in [5.41, 5.74) is 0. The lowest BCUT2D eigenvalue weighted by Gasteiger charge is -2.30. The van der Waals surface area contributed by atoms with E-state index < -0.39 is 20.0 Å². The number of nitrogens with one attached hydrogen (secondary N) is 1. The van der Waals surface area contributed by atoms with Gasteiger partial charge in [-0.05, 0) is 96.0 Å². The molecule has 1 N–H and O–H groups in total. The molecule has 10 heteroatoms. The van der Waals surface area contributed by atoms with Gasteiger partial charge in [-0.3, -0.25) is 14.2 Å². The highest BCUT2D eigenvalue weighted by molar-refractivity contribution is 7.45. The quantitative estimate of drug-likeness (QED) is 0.0212. The summed E-state index contributed by atoms with van der Waals surface area (Å²) in [6.45, 7) is 6.86. The fourth-order valence-electron chi connectivity index (χ4n) is 11.5. The number of esters is 1. The first-order valence-electron chi connectivity index (χ1n) is 38.6. The monoisotopic (exact) mass is 1270 g/mol. The maximum absolute atomic E-state index is 13.6. The smallest absolute Gasteiger partial charge is 0.306 e. The van der Waals surface area contributed by atoms with Crippen molar-refractivity contribution in [1.29, 1.82) is 0 Å². The average molecular weight is 1270 g/mol. The summed E-state index contributed by atoms with van der Waals surface area (Å²) in [6, 6.07) is -0.889. The summed E-state index contributed by atoms with van der Waals surface area (Å²) in [4.78, 5) is 40.3. The Labute approximate surface area is 553 Å². The molecule has 3 unspecified atom stereocenters. The Kier molecular flexibility index (Phi) is 66.8. The van der Waals surface area contributed by atoms with Gasteiger partial charge in [-0.25, -0.2) is 0 Å². The lowest BCUT2D eigenvalue weighted by atomic mass is 10.0. The van der Waals surface area contributed by atoms with Crippen LogP contribution in [-0.4, -0.2) is 69.4 Å². The van der Waals surface area contributed by atoms with Gasteiger partial charge in [0.05, 0.1) is 33.8 Å². The number of hydrogen-bond donors (Lipinski definition) is 1. The normalized spacial score (nSPS) is 13.7. The van der Waals surface area contributed by atoms with Gasteiger partial charge < -0.3 is 28.5 Å². The Morgan fingerprint density at radius 3 is 1.03 bits per heavy atom. The third-order valence-electron chi connectivity index (χ3n) is 17.4. The number of carbonyl (C=O) groups is 2. The molecule has 0 radical (unpaired) electrons. The molecule has 0 aromatic heterocycles. The number of allylic oxidation sites excluding steroid dienone is 9. The molecular formula is C79H149N2O7P. The Bertz CT molecular complexity index is 1700. The second-order valence-corrected chi connectivity index (χ2v) is 28.9. The van der Waals surface area contributed by atoms with Gasteiger partial charge in [0, 0.05) is 12.8 Å². The van der Waals surface area contributed by atoms with Gasteiger partial charge in [-0.15, -0.1) is 0 Å². The van der Waals surface area contributed by atoms with E-state index in [0.29, 0.717) is 17.4 Å². The third-order valence-corrected chi connectivity index (χ3v) is 18.4. The van der Waals surface area contributed by atoms with E-state index >= 15 is 0 Å². The Morgan fingerprint density at radius 1 is 0.393 bits per heavy atom. The SMILES string of the molecule is CCCCC/C=C\C/C=C\CCCCCCCCCCCCCCCCCC(=O)NC(COP(=O)([O-])OCC[N+](C)(C)C)C(/C=C/CCCCCCCCCCCCC)OC(=O)CCCCCCCCCCCCCCCCC/C=C\C/C=C\CCCCC. The molecule has 0 aromatic rings. The van der Waals surface area contributed by atoms with Crippen molar-refractivity contribution in [2.75, 3.05) is 40.9 Å². The number of nitrogens with zero attached hydrogens (tertiary/aromatic N) is 1. The number of unbranched alkanes of at least 4 members (excludes halogenated alkanes) is 47. The molecule has 1 amide bonds. The fraction of sp³-hybridized carbons (Fsp3) is 0.848. The van der Waals surface area contributed by atoms with Crippen molar-refractivity contribution in [2.24, 2.45) is 0 Å². The highest BCUT2D eigenvalue weighted by atomic mass is 31.2. The standard InChI is InChI=1S/C79H149N2O7P/c1-7-10-13-16-19-22-25-28-30-32-34-36-38-40-42-44-46-48-50-53-56-59-62-65-68-71-78(82)80-76(75-87-89(84,85)86-74-73-81(4,5)6)77(70-67-64-61-58-55-52-27-24-21-18-15-12-9-3)88-79(83)72-69-66-63-60-57-54-51-49-47-45-43-41-39-37-35-33-31-29-26-23-20-17-14-11-8-2/h19-20,22-23,28-31,67,70,76-77H,7-18,21,24-27,32-66,68-69,71-75H2,1-6H3,(H-,80,82,84,85)/b22-19-,23-20-,30-28-,31-29-,70-67+. The number of carbonyl (C=O) groups excluding carboxylic acids is 2. The van der Waals surface area contributed by atoms with Crippen molar-refractivity contribution in [1.82, 2.24) is 5.32 Å². The van der Waals surface area contributed by atoms with Crippen LogP contribution in [0.3, 0.4) is 0 Å². The first-order chi connectivity index (χ1) is 43.4. The molecule has 0 fully saturated rings. The van der Waals surface area contributed by atoms with E-state index in [-0.39, 0.29) is 31.5 Å². The number of ether oxygens (including phenoxy) is 1. The van der Waals surface area contributed by atoms with Gasteiger partial charge in [-0.1, -0.05) is 332 Å². The van der Waals surface area contributed by atoms with Crippen LogP contribution in [-0.2, 0) is 27.9 Å². The first kappa shape index (κ1) is 86.7. The Morgan fingerprint density at radius 2 is 0.685 bits per heavy atom. The van der Waals surface area contributed by atoms with Crippen LogP contribution in [0.1, 0.15) is 380 Å². The van der Waals surface area contributed by atoms with E-state index in [4.69, 9.17) is 13.8 Å². The van der Waals surface area contributed by atoms with E-state index in [1.807, 2.05) is 33.3 Å². The van der Waals surface area contributed by atoms with Crippen molar-refractivity contribution in [3.8, 4) is 0 Å². The topological polar surface area (TPSA) is 114 Å².